The van der Waals surface area contributed by atoms with Gasteiger partial charge >= 0.3 is 0 Å². The van der Waals surface area contributed by atoms with Crippen molar-refractivity contribution in [2.75, 3.05) is 19.7 Å². The zero-order chi connectivity index (χ0) is 20.1. The summed E-state index contributed by atoms with van der Waals surface area (Å²) in [7, 11) is 0. The number of aryl methyl sites for hydroxylation is 1. The van der Waals surface area contributed by atoms with E-state index in [1.165, 1.54) is 6.33 Å². The fourth-order valence-electron chi connectivity index (χ4n) is 3.30. The highest BCUT2D eigenvalue weighted by Gasteiger charge is 2.26. The number of hydrogen-bond acceptors (Lipinski definition) is 6. The van der Waals surface area contributed by atoms with Crippen molar-refractivity contribution in [2.24, 2.45) is 0 Å². The normalized spacial score (nSPS) is 16.7. The minimum Gasteiger partial charge on any atom is -0.368 e. The van der Waals surface area contributed by atoms with Crippen LogP contribution in [0.3, 0.4) is 0 Å². The maximum atomic E-state index is 12.5. The van der Waals surface area contributed by atoms with Gasteiger partial charge in [0.1, 0.15) is 12.4 Å². The third-order valence-corrected chi connectivity index (χ3v) is 5.26. The predicted molar refractivity (Wildman–Crippen MR) is 106 cm³/mol. The van der Waals surface area contributed by atoms with Crippen LogP contribution in [0.4, 0.5) is 0 Å². The Morgan fingerprint density at radius 1 is 1.24 bits per heavy atom. The molecule has 1 atom stereocenters. The average molecular weight is 413 g/mol. The molecule has 0 bridgehead atoms. The predicted octanol–water partition coefficient (Wildman–Crippen LogP) is 2.30. The van der Waals surface area contributed by atoms with Crippen LogP contribution in [-0.2, 0) is 22.5 Å². The smallest absolute Gasteiger partial charge is 0.224 e. The maximum absolute atomic E-state index is 12.5. The van der Waals surface area contributed by atoms with Crippen LogP contribution in [0, 0.1) is 0 Å². The molecule has 0 unspecified atom stereocenters. The highest BCUT2D eigenvalue weighted by Crippen LogP contribution is 2.23. The van der Waals surface area contributed by atoms with E-state index in [-0.39, 0.29) is 12.0 Å². The van der Waals surface area contributed by atoms with Crippen molar-refractivity contribution < 1.29 is 9.53 Å². The van der Waals surface area contributed by atoms with Crippen LogP contribution in [0.2, 0.25) is 5.02 Å². The second kappa shape index (κ2) is 9.11. The minimum atomic E-state index is -0.227. The van der Waals surface area contributed by atoms with Crippen LogP contribution in [0.25, 0.3) is 0 Å². The van der Waals surface area contributed by atoms with Crippen LogP contribution in [0.1, 0.15) is 29.3 Å². The number of rotatable bonds is 6. The van der Waals surface area contributed by atoms with E-state index in [1.54, 1.807) is 4.68 Å². The number of benzene rings is 1. The summed E-state index contributed by atoms with van der Waals surface area (Å²) in [5.41, 5.74) is 2.97. The Morgan fingerprint density at radius 2 is 2.14 bits per heavy atom. The lowest BCUT2D eigenvalue weighted by atomic mass is 10.1. The van der Waals surface area contributed by atoms with Gasteiger partial charge < -0.3 is 9.64 Å². The Labute approximate surface area is 173 Å². The van der Waals surface area contributed by atoms with Gasteiger partial charge in [-0.1, -0.05) is 35.9 Å². The lowest BCUT2D eigenvalue weighted by molar-refractivity contribution is -0.139. The van der Waals surface area contributed by atoms with E-state index in [0.29, 0.717) is 32.7 Å². The van der Waals surface area contributed by atoms with Crippen molar-refractivity contribution >= 4 is 17.5 Å². The van der Waals surface area contributed by atoms with Crippen molar-refractivity contribution in [3.63, 3.8) is 0 Å². The van der Waals surface area contributed by atoms with E-state index >= 15 is 0 Å². The molecule has 1 amide bonds. The number of hydrogen-bond donors (Lipinski definition) is 0. The third kappa shape index (κ3) is 4.96. The van der Waals surface area contributed by atoms with Crippen LogP contribution >= 0.6 is 11.6 Å². The molecule has 0 N–H and O–H groups in total. The molecule has 3 heterocycles. The zero-order valence-corrected chi connectivity index (χ0v) is 16.6. The Kier molecular flexibility index (Phi) is 6.12. The SMILES string of the molecule is O=C(CCn1cnnn1)N1CCO[C@@H](c2ccc(Cc3ccccc3Cl)cn2)C1. The molecule has 1 aliphatic rings. The molecule has 1 aliphatic heterocycles. The first-order valence-electron chi connectivity index (χ1n) is 9.47. The van der Waals surface area contributed by atoms with E-state index in [4.69, 9.17) is 16.3 Å². The van der Waals surface area contributed by atoms with Crippen LogP contribution in [0.15, 0.2) is 48.9 Å². The summed E-state index contributed by atoms with van der Waals surface area (Å²) < 4.78 is 7.41. The van der Waals surface area contributed by atoms with Gasteiger partial charge in [-0.25, -0.2) is 4.68 Å². The highest BCUT2D eigenvalue weighted by molar-refractivity contribution is 6.31. The van der Waals surface area contributed by atoms with Gasteiger partial charge in [-0.15, -0.1) is 5.10 Å². The number of halogens is 1. The molecule has 2 aromatic heterocycles. The van der Waals surface area contributed by atoms with Crippen LogP contribution < -0.4 is 0 Å². The van der Waals surface area contributed by atoms with Gasteiger partial charge in [0.15, 0.2) is 0 Å². The molecule has 0 radical (unpaired) electrons. The first kappa shape index (κ1) is 19.5. The van der Waals surface area contributed by atoms with Crippen molar-refractivity contribution in [2.45, 2.75) is 25.5 Å². The lowest BCUT2D eigenvalue weighted by Gasteiger charge is -2.32. The molecule has 0 saturated carbocycles. The molecule has 1 aromatic carbocycles. The van der Waals surface area contributed by atoms with E-state index in [1.807, 2.05) is 47.5 Å². The number of aromatic nitrogens is 5. The Balaban J connectivity index is 1.35. The molecule has 29 heavy (non-hydrogen) atoms. The topological polar surface area (TPSA) is 86.0 Å². The zero-order valence-electron chi connectivity index (χ0n) is 15.8. The summed E-state index contributed by atoms with van der Waals surface area (Å²) in [5.74, 6) is 0.0594. The molecule has 1 saturated heterocycles. The van der Waals surface area contributed by atoms with E-state index in [2.05, 4.69) is 20.5 Å². The summed E-state index contributed by atoms with van der Waals surface area (Å²) in [6.07, 6.45) is 4.20. The quantitative estimate of drug-likeness (QED) is 0.617. The molecule has 8 nitrogen and oxygen atoms in total. The number of carbonyl (C=O) groups is 1. The highest BCUT2D eigenvalue weighted by atomic mass is 35.5. The maximum Gasteiger partial charge on any atom is 0.224 e. The largest absolute Gasteiger partial charge is 0.368 e. The van der Waals surface area contributed by atoms with Gasteiger partial charge in [0.2, 0.25) is 5.91 Å². The molecule has 1 fully saturated rings. The monoisotopic (exact) mass is 412 g/mol. The molecule has 0 aliphatic carbocycles. The first-order chi connectivity index (χ1) is 14.2. The summed E-state index contributed by atoms with van der Waals surface area (Å²) in [4.78, 5) is 18.9. The summed E-state index contributed by atoms with van der Waals surface area (Å²) >= 11 is 6.24. The first-order valence-corrected chi connectivity index (χ1v) is 9.85. The number of morpholine rings is 1. The van der Waals surface area contributed by atoms with E-state index < -0.39 is 0 Å². The van der Waals surface area contributed by atoms with Crippen molar-refractivity contribution in [1.29, 1.82) is 0 Å². The van der Waals surface area contributed by atoms with Gasteiger partial charge in [0.05, 0.1) is 25.4 Å². The number of pyridine rings is 1. The second-order valence-electron chi connectivity index (χ2n) is 6.88. The van der Waals surface area contributed by atoms with Gasteiger partial charge in [0.25, 0.3) is 0 Å². The number of amides is 1. The number of carbonyl (C=O) groups excluding carboxylic acids is 1. The number of tetrazole rings is 1. The molecular formula is C20H21ClN6O2. The Bertz CT molecular complexity index is 948. The molecule has 3 aromatic rings. The Hall–Kier alpha value is -2.84. The summed E-state index contributed by atoms with van der Waals surface area (Å²) in [6.45, 7) is 2.02. The lowest BCUT2D eigenvalue weighted by Crippen LogP contribution is -2.42. The Morgan fingerprint density at radius 3 is 2.90 bits per heavy atom. The number of nitrogens with zero attached hydrogens (tertiary/aromatic N) is 6. The molecular weight excluding hydrogens is 392 g/mol. The number of ether oxygens (including phenoxy) is 1. The van der Waals surface area contributed by atoms with Crippen molar-refractivity contribution in [3.8, 4) is 0 Å². The van der Waals surface area contributed by atoms with Crippen LogP contribution in [-0.4, -0.2) is 55.7 Å². The fourth-order valence-corrected chi connectivity index (χ4v) is 3.50. The summed E-state index contributed by atoms with van der Waals surface area (Å²) in [5, 5.41) is 11.7. The second-order valence-corrected chi connectivity index (χ2v) is 7.29. The average Bonchev–Trinajstić information content (AvgIpc) is 3.28. The molecule has 0 spiro atoms. The summed E-state index contributed by atoms with van der Waals surface area (Å²) in [6, 6.07) is 11.8. The molecule has 150 valence electrons. The van der Waals surface area contributed by atoms with Crippen LogP contribution in [0.5, 0.6) is 0 Å². The van der Waals surface area contributed by atoms with Gasteiger partial charge in [-0.3, -0.25) is 9.78 Å². The molecule has 9 heteroatoms. The van der Waals surface area contributed by atoms with E-state index in [0.717, 1.165) is 28.3 Å². The minimum absolute atomic E-state index is 0.0594. The van der Waals surface area contributed by atoms with Crippen molar-refractivity contribution in [1.82, 2.24) is 30.1 Å². The molecule has 4 rings (SSSR count). The van der Waals surface area contributed by atoms with E-state index in [9.17, 15) is 4.79 Å². The fraction of sp³-hybridized carbons (Fsp3) is 0.350. The van der Waals surface area contributed by atoms with Gasteiger partial charge in [0, 0.05) is 30.6 Å². The van der Waals surface area contributed by atoms with Crippen molar-refractivity contribution in [3.05, 3.63) is 70.8 Å². The third-order valence-electron chi connectivity index (χ3n) is 4.90. The van der Waals surface area contributed by atoms with Gasteiger partial charge in [-0.05, 0) is 33.7 Å². The van der Waals surface area contributed by atoms with Gasteiger partial charge in [-0.2, -0.15) is 0 Å². The standard InChI is InChI=1S/C20H21ClN6O2/c21-17-4-2-1-3-16(17)11-15-5-6-18(22-12-15)19-13-26(9-10-29-19)20(28)7-8-27-14-23-24-25-27/h1-6,12,14,19H,7-11,13H2/t19-/m1/s1.